The first-order valence-corrected chi connectivity index (χ1v) is 5.74. The molecule has 4 heteroatoms. The molecule has 0 radical (unpaired) electrons. The average molecular weight is 222 g/mol. The van der Waals surface area contributed by atoms with E-state index in [1.165, 1.54) is 6.20 Å². The van der Waals surface area contributed by atoms with Crippen molar-refractivity contribution in [2.45, 2.75) is 4.90 Å². The Labute approximate surface area is 92.0 Å². The predicted molar refractivity (Wildman–Crippen MR) is 60.2 cm³/mol. The quantitative estimate of drug-likeness (QED) is 0.571. The topological polar surface area (TPSA) is 44.3 Å². The van der Waals surface area contributed by atoms with E-state index in [2.05, 4.69) is 0 Å². The minimum Gasteiger partial charge on any atom is -0.504 e. The van der Waals surface area contributed by atoms with E-state index in [4.69, 9.17) is 0 Å². The monoisotopic (exact) mass is 222 g/mol. The number of rotatable bonds is 1. The first kappa shape index (κ1) is 10.1. The van der Waals surface area contributed by atoms with Crippen LogP contribution in [0.4, 0.5) is 0 Å². The molecule has 15 heavy (non-hydrogen) atoms. The van der Waals surface area contributed by atoms with Gasteiger partial charge in [-0.2, -0.15) is 4.57 Å². The Morgan fingerprint density at radius 3 is 2.67 bits per heavy atom. The van der Waals surface area contributed by atoms with E-state index < -0.39 is 0 Å². The van der Waals surface area contributed by atoms with Crippen molar-refractivity contribution in [3.8, 4) is 11.5 Å². The Hall–Kier alpha value is -1.42. The van der Waals surface area contributed by atoms with Gasteiger partial charge in [-0.3, -0.25) is 0 Å². The lowest BCUT2D eigenvalue weighted by Gasteiger charge is -2.03. The molecule has 0 aliphatic heterocycles. The smallest absolute Gasteiger partial charge is 0.223 e. The number of hydrogen-bond donors (Lipinski definition) is 2. The van der Waals surface area contributed by atoms with Crippen LogP contribution < -0.4 is 4.57 Å². The molecule has 0 unspecified atom stereocenters. The molecule has 2 N–H and O–H groups in total. The fourth-order valence-electron chi connectivity index (χ4n) is 1.59. The summed E-state index contributed by atoms with van der Waals surface area (Å²) in [5.74, 6) is -0.151. The lowest BCUT2D eigenvalue weighted by Crippen LogP contribution is -2.27. The first-order valence-electron chi connectivity index (χ1n) is 4.52. The fourth-order valence-corrected chi connectivity index (χ4v) is 2.03. The van der Waals surface area contributed by atoms with Crippen molar-refractivity contribution < 1.29 is 14.8 Å². The molecule has 0 fully saturated rings. The molecular weight excluding hydrogens is 210 g/mol. The Kier molecular flexibility index (Phi) is 2.44. The van der Waals surface area contributed by atoms with Crippen LogP contribution in [0.15, 0.2) is 29.3 Å². The highest BCUT2D eigenvalue weighted by Gasteiger charge is 2.14. The third-order valence-electron chi connectivity index (χ3n) is 2.40. The van der Waals surface area contributed by atoms with Crippen LogP contribution >= 0.6 is 11.8 Å². The molecule has 1 aromatic carbocycles. The van der Waals surface area contributed by atoms with Gasteiger partial charge < -0.3 is 10.2 Å². The Morgan fingerprint density at radius 2 is 2.00 bits per heavy atom. The van der Waals surface area contributed by atoms with Crippen molar-refractivity contribution in [3.05, 3.63) is 24.4 Å². The third kappa shape index (κ3) is 1.61. The zero-order valence-electron chi connectivity index (χ0n) is 8.56. The second-order valence-corrected chi connectivity index (χ2v) is 4.24. The van der Waals surface area contributed by atoms with E-state index in [0.717, 1.165) is 10.4 Å². The summed E-state index contributed by atoms with van der Waals surface area (Å²) in [7, 11) is 1.83. The summed E-state index contributed by atoms with van der Waals surface area (Å²) in [6.45, 7) is 0. The highest BCUT2D eigenvalue weighted by molar-refractivity contribution is 7.98. The summed E-state index contributed by atoms with van der Waals surface area (Å²) >= 11 is 1.60. The maximum Gasteiger partial charge on any atom is 0.223 e. The molecule has 2 aromatic rings. The Balaban J connectivity index is 2.85. The number of benzene rings is 1. The summed E-state index contributed by atoms with van der Waals surface area (Å²) in [5, 5.41) is 19.9. The van der Waals surface area contributed by atoms with Crippen molar-refractivity contribution in [2.24, 2.45) is 7.05 Å². The summed E-state index contributed by atoms with van der Waals surface area (Å²) < 4.78 is 1.79. The maximum absolute atomic E-state index is 9.73. The zero-order valence-corrected chi connectivity index (χ0v) is 9.38. The third-order valence-corrected chi connectivity index (χ3v) is 3.12. The van der Waals surface area contributed by atoms with Gasteiger partial charge in [0.25, 0.3) is 0 Å². The van der Waals surface area contributed by atoms with Crippen LogP contribution in [0.25, 0.3) is 10.9 Å². The van der Waals surface area contributed by atoms with Crippen molar-refractivity contribution in [2.75, 3.05) is 6.26 Å². The van der Waals surface area contributed by atoms with Crippen LogP contribution in [-0.4, -0.2) is 16.5 Å². The molecule has 3 nitrogen and oxygen atoms in total. The fraction of sp³-hybridized carbons (Fsp3) is 0.182. The van der Waals surface area contributed by atoms with Gasteiger partial charge in [0.15, 0.2) is 5.75 Å². The summed E-state index contributed by atoms with van der Waals surface area (Å²) in [4.78, 5) is 1.06. The van der Waals surface area contributed by atoms with Gasteiger partial charge in [0.1, 0.15) is 7.05 Å². The summed E-state index contributed by atoms with van der Waals surface area (Å²) in [6, 6.07) is 5.79. The van der Waals surface area contributed by atoms with Crippen LogP contribution in [0.1, 0.15) is 0 Å². The minimum absolute atomic E-state index is 0.0565. The normalized spacial score (nSPS) is 10.8. The largest absolute Gasteiger partial charge is 0.504 e. The van der Waals surface area contributed by atoms with E-state index in [0.29, 0.717) is 5.39 Å². The molecule has 0 saturated carbocycles. The number of nitrogens with zero attached hydrogens (tertiary/aromatic N) is 1. The Bertz CT molecular complexity index is 525. The molecule has 1 heterocycles. The molecule has 0 atom stereocenters. The van der Waals surface area contributed by atoms with Crippen LogP contribution in [0.2, 0.25) is 0 Å². The second-order valence-electron chi connectivity index (χ2n) is 3.36. The number of hydrogen-bond acceptors (Lipinski definition) is 3. The Morgan fingerprint density at radius 1 is 1.27 bits per heavy atom. The van der Waals surface area contributed by atoms with Crippen LogP contribution in [0.5, 0.6) is 11.5 Å². The van der Waals surface area contributed by atoms with E-state index in [-0.39, 0.29) is 11.5 Å². The molecule has 2 rings (SSSR count). The number of thioether (sulfide) groups is 1. The number of pyridine rings is 1. The summed E-state index contributed by atoms with van der Waals surface area (Å²) in [5.41, 5.74) is 0.892. The number of aryl methyl sites for hydroxylation is 1. The van der Waals surface area contributed by atoms with E-state index in [9.17, 15) is 10.2 Å². The van der Waals surface area contributed by atoms with Crippen LogP contribution in [0.3, 0.4) is 0 Å². The SMILES string of the molecule is CSc1ccc2c(c1)c(O)c(O)c[n+]2C. The average Bonchev–Trinajstić information content (AvgIpc) is 2.25. The van der Waals surface area contributed by atoms with Gasteiger partial charge in [-0.15, -0.1) is 11.8 Å². The first-order chi connectivity index (χ1) is 7.13. The lowest BCUT2D eigenvalue weighted by molar-refractivity contribution is -0.645. The molecule has 0 bridgehead atoms. The van der Waals surface area contributed by atoms with Gasteiger partial charge in [-0.25, -0.2) is 0 Å². The van der Waals surface area contributed by atoms with Crippen molar-refractivity contribution in [3.63, 3.8) is 0 Å². The molecule has 78 valence electrons. The second kappa shape index (κ2) is 3.62. The molecule has 0 aliphatic carbocycles. The van der Waals surface area contributed by atoms with Crippen LogP contribution in [-0.2, 0) is 7.05 Å². The van der Waals surface area contributed by atoms with Gasteiger partial charge in [0, 0.05) is 11.0 Å². The van der Waals surface area contributed by atoms with E-state index in [1.807, 2.05) is 31.5 Å². The predicted octanol–water partition coefficient (Wildman–Crippen LogP) is 1.80. The molecule has 0 aliphatic rings. The minimum atomic E-state index is -0.0942. The standard InChI is InChI=1S/C11H11NO2S/c1-12-6-10(13)11(14)8-5-7(15-2)3-4-9(8)12/h3-6,13H,1-2H3/p+1. The number of fused-ring (bicyclic) bond motifs is 1. The van der Waals surface area contributed by atoms with E-state index in [1.54, 1.807) is 16.3 Å². The zero-order chi connectivity index (χ0) is 11.0. The molecule has 0 saturated heterocycles. The van der Waals surface area contributed by atoms with E-state index >= 15 is 0 Å². The maximum atomic E-state index is 9.73. The van der Waals surface area contributed by atoms with Gasteiger partial charge in [0.2, 0.25) is 17.5 Å². The highest BCUT2D eigenvalue weighted by atomic mass is 32.2. The van der Waals surface area contributed by atoms with Crippen molar-refractivity contribution in [1.29, 1.82) is 0 Å². The molecular formula is C11H12NO2S+. The van der Waals surface area contributed by atoms with Gasteiger partial charge in [0.05, 0.1) is 5.39 Å². The van der Waals surface area contributed by atoms with Crippen molar-refractivity contribution >= 4 is 22.7 Å². The van der Waals surface area contributed by atoms with Gasteiger partial charge in [-0.05, 0) is 18.4 Å². The number of aromatic nitrogens is 1. The number of aromatic hydroxyl groups is 2. The van der Waals surface area contributed by atoms with Gasteiger partial charge in [-0.1, -0.05) is 0 Å². The van der Waals surface area contributed by atoms with Crippen LogP contribution in [0, 0.1) is 0 Å². The molecule has 1 aromatic heterocycles. The lowest BCUT2D eigenvalue weighted by atomic mass is 10.2. The molecule has 0 spiro atoms. The van der Waals surface area contributed by atoms with Crippen molar-refractivity contribution in [1.82, 2.24) is 0 Å². The van der Waals surface area contributed by atoms with Gasteiger partial charge >= 0.3 is 0 Å². The summed E-state index contributed by atoms with van der Waals surface area (Å²) in [6.07, 6.45) is 3.47. The highest BCUT2D eigenvalue weighted by Crippen LogP contribution is 2.32. The molecule has 0 amide bonds.